The Morgan fingerprint density at radius 2 is 1.73 bits per heavy atom. The zero-order valence-electron chi connectivity index (χ0n) is 23.0. The number of phenolic OH excluding ortho intramolecular Hbond substituents is 2. The van der Waals surface area contributed by atoms with E-state index in [2.05, 4.69) is 15.6 Å². The van der Waals surface area contributed by atoms with Crippen LogP contribution >= 0.6 is 0 Å². The van der Waals surface area contributed by atoms with Crippen LogP contribution in [0.15, 0.2) is 60.7 Å². The summed E-state index contributed by atoms with van der Waals surface area (Å²) < 4.78 is 12.4. The largest absolute Gasteiger partial charge is 0.504 e. The number of aromatic hydroxyl groups is 2. The summed E-state index contributed by atoms with van der Waals surface area (Å²) >= 11 is 0. The van der Waals surface area contributed by atoms with Crippen LogP contribution in [0.3, 0.4) is 0 Å². The lowest BCUT2D eigenvalue weighted by Crippen LogP contribution is -2.48. The molecule has 0 saturated heterocycles. The lowest BCUT2D eigenvalue weighted by molar-refractivity contribution is -0.127. The summed E-state index contributed by atoms with van der Waals surface area (Å²) in [4.78, 5) is 29.7. The molecule has 0 radical (unpaired) electrons. The van der Waals surface area contributed by atoms with Crippen molar-refractivity contribution in [3.8, 4) is 23.0 Å². The molecule has 1 aliphatic rings. The van der Waals surface area contributed by atoms with Crippen LogP contribution in [0, 0.1) is 0 Å². The molecule has 1 aliphatic carbocycles. The molecule has 0 unspecified atom stereocenters. The van der Waals surface area contributed by atoms with Gasteiger partial charge in [0.25, 0.3) is 0 Å². The first kappa shape index (κ1) is 27.8. The van der Waals surface area contributed by atoms with Crippen molar-refractivity contribution < 1.29 is 29.3 Å². The molecule has 4 aromatic rings. The third-order valence-electron chi connectivity index (χ3n) is 7.39. The Kier molecular flexibility index (Phi) is 8.23. The predicted molar refractivity (Wildman–Crippen MR) is 152 cm³/mol. The number of carbonyl (C=O) groups excluding carboxylic acids is 2. The van der Waals surface area contributed by atoms with Crippen LogP contribution in [0.5, 0.6) is 23.0 Å². The molecule has 11 nitrogen and oxygen atoms in total. The molecule has 1 saturated carbocycles. The van der Waals surface area contributed by atoms with Crippen molar-refractivity contribution in [3.63, 3.8) is 0 Å². The average Bonchev–Trinajstić information content (AvgIpc) is 3.40. The molecule has 0 bridgehead atoms. The molecular weight excluding hydrogens is 526 g/mol. The van der Waals surface area contributed by atoms with E-state index >= 15 is 0 Å². The van der Waals surface area contributed by atoms with Gasteiger partial charge in [-0.25, -0.2) is 4.68 Å². The molecule has 1 aromatic heterocycles. The summed E-state index contributed by atoms with van der Waals surface area (Å²) in [5, 5.41) is 31.8. The topological polar surface area (TPSA) is 139 Å². The predicted octanol–water partition coefficient (Wildman–Crippen LogP) is 4.08. The maximum absolute atomic E-state index is 14.2. The van der Waals surface area contributed by atoms with Gasteiger partial charge in [0.1, 0.15) is 18.1 Å². The number of carbonyl (C=O) groups is 2. The van der Waals surface area contributed by atoms with E-state index in [1.54, 1.807) is 24.3 Å². The Morgan fingerprint density at radius 1 is 0.976 bits per heavy atom. The number of para-hydroxylation sites is 1. The lowest BCUT2D eigenvalue weighted by atomic mass is 9.94. The highest BCUT2D eigenvalue weighted by atomic mass is 16.5. The fourth-order valence-electron chi connectivity index (χ4n) is 5.31. The number of amides is 2. The van der Waals surface area contributed by atoms with E-state index in [9.17, 15) is 19.8 Å². The fraction of sp³-hybridized carbons (Fsp3) is 0.333. The Balaban J connectivity index is 1.62. The van der Waals surface area contributed by atoms with E-state index in [-0.39, 0.29) is 18.3 Å². The molecule has 0 aliphatic heterocycles. The first-order chi connectivity index (χ1) is 19.9. The smallest absolute Gasteiger partial charge is 0.249 e. The minimum atomic E-state index is -1.19. The number of nitrogens with zero attached hydrogens (tertiary/aromatic N) is 4. The lowest BCUT2D eigenvalue weighted by Gasteiger charge is -2.34. The first-order valence-electron chi connectivity index (χ1n) is 13.5. The highest BCUT2D eigenvalue weighted by Gasteiger charge is 2.35. The molecule has 1 fully saturated rings. The van der Waals surface area contributed by atoms with Crippen molar-refractivity contribution in [2.45, 2.75) is 50.7 Å². The van der Waals surface area contributed by atoms with Gasteiger partial charge in [0.2, 0.25) is 11.8 Å². The van der Waals surface area contributed by atoms with Gasteiger partial charge in [-0.15, -0.1) is 5.10 Å². The van der Waals surface area contributed by atoms with Gasteiger partial charge in [-0.05, 0) is 54.8 Å². The summed E-state index contributed by atoms with van der Waals surface area (Å²) in [6.45, 7) is -0.216. The summed E-state index contributed by atoms with van der Waals surface area (Å²) in [7, 11) is 3.00. The van der Waals surface area contributed by atoms with Gasteiger partial charge in [-0.2, -0.15) is 0 Å². The normalized spacial score (nSPS) is 14.4. The second-order valence-electron chi connectivity index (χ2n) is 10.0. The second kappa shape index (κ2) is 12.2. The van der Waals surface area contributed by atoms with Gasteiger partial charge in [0.15, 0.2) is 23.0 Å². The highest BCUT2D eigenvalue weighted by molar-refractivity contribution is 6.02. The second-order valence-corrected chi connectivity index (χ2v) is 10.0. The van der Waals surface area contributed by atoms with Crippen LogP contribution < -0.4 is 19.7 Å². The van der Waals surface area contributed by atoms with Crippen molar-refractivity contribution in [1.82, 2.24) is 20.3 Å². The maximum Gasteiger partial charge on any atom is 0.249 e. The third kappa shape index (κ3) is 5.88. The molecular formula is C30H33N5O6. The Bertz CT molecular complexity index is 1550. The number of methoxy groups -OCH3 is 2. The van der Waals surface area contributed by atoms with Crippen molar-refractivity contribution in [1.29, 1.82) is 0 Å². The van der Waals surface area contributed by atoms with Gasteiger partial charge in [0, 0.05) is 17.8 Å². The Morgan fingerprint density at radius 3 is 2.46 bits per heavy atom. The molecule has 1 heterocycles. The van der Waals surface area contributed by atoms with Crippen LogP contribution in [0.1, 0.15) is 43.7 Å². The van der Waals surface area contributed by atoms with E-state index < -0.39 is 23.6 Å². The zero-order valence-corrected chi connectivity index (χ0v) is 23.0. The quantitative estimate of drug-likeness (QED) is 0.261. The van der Waals surface area contributed by atoms with E-state index in [0.29, 0.717) is 33.8 Å². The number of nitrogens with one attached hydrogen (secondary N) is 1. The van der Waals surface area contributed by atoms with Gasteiger partial charge in [0.05, 0.1) is 19.7 Å². The minimum Gasteiger partial charge on any atom is -0.504 e. The SMILES string of the molecule is COc1ccc(N(C(=O)Cn2nnc3ccccc32)[C@@H](C(=O)NC2CCCCC2)c2ccc(O)c(O)c2)cc1OC. The van der Waals surface area contributed by atoms with Crippen molar-refractivity contribution in [2.75, 3.05) is 19.1 Å². The van der Waals surface area contributed by atoms with Crippen molar-refractivity contribution in [3.05, 3.63) is 66.2 Å². The van der Waals surface area contributed by atoms with Gasteiger partial charge < -0.3 is 25.0 Å². The summed E-state index contributed by atoms with van der Waals surface area (Å²) in [6.07, 6.45) is 4.81. The van der Waals surface area contributed by atoms with Crippen LogP contribution in [-0.2, 0) is 16.1 Å². The van der Waals surface area contributed by atoms with Crippen LogP contribution in [0.4, 0.5) is 5.69 Å². The first-order valence-corrected chi connectivity index (χ1v) is 13.5. The molecule has 11 heteroatoms. The fourth-order valence-corrected chi connectivity index (χ4v) is 5.31. The summed E-state index contributed by atoms with van der Waals surface area (Å²) in [6, 6.07) is 15.1. The monoisotopic (exact) mass is 559 g/mol. The third-order valence-corrected chi connectivity index (χ3v) is 7.39. The minimum absolute atomic E-state index is 0.0360. The molecule has 2 amide bonds. The molecule has 0 spiro atoms. The van der Waals surface area contributed by atoms with E-state index in [4.69, 9.17) is 9.47 Å². The van der Waals surface area contributed by atoms with Gasteiger partial charge in [-0.1, -0.05) is 42.7 Å². The van der Waals surface area contributed by atoms with E-state index in [0.717, 1.165) is 32.1 Å². The Labute approximate surface area is 237 Å². The molecule has 41 heavy (non-hydrogen) atoms. The van der Waals surface area contributed by atoms with Crippen molar-refractivity contribution in [2.24, 2.45) is 0 Å². The number of rotatable bonds is 9. The number of fused-ring (bicyclic) bond motifs is 1. The van der Waals surface area contributed by atoms with Crippen LogP contribution in [0.25, 0.3) is 11.0 Å². The number of phenols is 2. The molecule has 3 N–H and O–H groups in total. The van der Waals surface area contributed by atoms with Gasteiger partial charge >= 0.3 is 0 Å². The summed E-state index contributed by atoms with van der Waals surface area (Å²) in [5.41, 5.74) is 1.99. The number of hydrogen-bond donors (Lipinski definition) is 3. The van der Waals surface area contributed by atoms with E-state index in [1.165, 1.54) is 42.0 Å². The van der Waals surface area contributed by atoms with Crippen LogP contribution in [0.2, 0.25) is 0 Å². The standard InChI is InChI=1S/C30H33N5O6/c1-40-26-15-13-21(17-27(26)41-2)35(28(38)18-34-23-11-7-6-10-22(23)32-33-34)29(19-12-14-24(36)25(37)16-19)30(39)31-20-8-4-3-5-9-20/h6-7,10-17,20,29,36-37H,3-5,8-9,18H2,1-2H3,(H,31,39)/t29-/m1/s1. The average molecular weight is 560 g/mol. The molecule has 1 atom stereocenters. The van der Waals surface area contributed by atoms with E-state index in [1.807, 2.05) is 18.2 Å². The number of ether oxygens (including phenoxy) is 2. The number of hydrogen-bond acceptors (Lipinski definition) is 8. The molecule has 5 rings (SSSR count). The molecule has 214 valence electrons. The Hall–Kier alpha value is -4.80. The highest BCUT2D eigenvalue weighted by Crippen LogP contribution is 2.38. The zero-order chi connectivity index (χ0) is 28.9. The number of benzene rings is 3. The maximum atomic E-state index is 14.2. The summed E-state index contributed by atoms with van der Waals surface area (Å²) in [5.74, 6) is -0.776. The number of anilines is 1. The van der Waals surface area contributed by atoms with Crippen LogP contribution in [-0.4, -0.2) is 57.3 Å². The van der Waals surface area contributed by atoms with Gasteiger partial charge in [-0.3, -0.25) is 14.5 Å². The van der Waals surface area contributed by atoms with Crippen molar-refractivity contribution >= 4 is 28.5 Å². The molecule has 3 aromatic carbocycles. The number of aromatic nitrogens is 3.